The van der Waals surface area contributed by atoms with Crippen LogP contribution in [0, 0.1) is 5.82 Å². The van der Waals surface area contributed by atoms with E-state index in [0.717, 1.165) is 11.8 Å². The standard InChI is InChI=1S/C16H17FN2O3S/c1-23(21,22)15-8-6-14(7-9-15)19-16(20)18-11-10-12-2-4-13(17)5-3-12/h2-9H,10-11H2,1H3,(H2,18,19,20). The van der Waals surface area contributed by atoms with Crippen molar-refractivity contribution in [2.24, 2.45) is 0 Å². The molecule has 0 aliphatic rings. The Hall–Kier alpha value is -2.41. The number of urea groups is 1. The molecule has 2 aromatic rings. The molecule has 0 bridgehead atoms. The van der Waals surface area contributed by atoms with E-state index in [1.807, 2.05) is 0 Å². The van der Waals surface area contributed by atoms with Crippen molar-refractivity contribution in [2.45, 2.75) is 11.3 Å². The highest BCUT2D eigenvalue weighted by atomic mass is 32.2. The Morgan fingerprint density at radius 3 is 2.22 bits per heavy atom. The average molecular weight is 336 g/mol. The van der Waals surface area contributed by atoms with Crippen LogP contribution in [0.5, 0.6) is 0 Å². The molecule has 0 atom stereocenters. The summed E-state index contributed by atoms with van der Waals surface area (Å²) >= 11 is 0. The van der Waals surface area contributed by atoms with Gasteiger partial charge < -0.3 is 10.6 Å². The molecular weight excluding hydrogens is 319 g/mol. The van der Waals surface area contributed by atoms with E-state index in [4.69, 9.17) is 0 Å². The molecule has 0 aromatic heterocycles. The summed E-state index contributed by atoms with van der Waals surface area (Å²) in [7, 11) is -3.25. The summed E-state index contributed by atoms with van der Waals surface area (Å²) < 4.78 is 35.4. The van der Waals surface area contributed by atoms with Gasteiger partial charge in [0.25, 0.3) is 0 Å². The number of anilines is 1. The van der Waals surface area contributed by atoms with Crippen LogP contribution < -0.4 is 10.6 Å². The Labute approximate surface area is 134 Å². The van der Waals surface area contributed by atoms with Gasteiger partial charge in [0.15, 0.2) is 9.84 Å². The largest absolute Gasteiger partial charge is 0.338 e. The van der Waals surface area contributed by atoms with Crippen LogP contribution in [0.1, 0.15) is 5.56 Å². The molecule has 2 aromatic carbocycles. The number of rotatable bonds is 5. The minimum atomic E-state index is -3.25. The van der Waals surface area contributed by atoms with Crippen LogP contribution in [-0.4, -0.2) is 27.2 Å². The van der Waals surface area contributed by atoms with Gasteiger partial charge in [0.05, 0.1) is 4.90 Å². The highest BCUT2D eigenvalue weighted by molar-refractivity contribution is 7.90. The molecule has 0 aliphatic heterocycles. The molecule has 122 valence electrons. The summed E-state index contributed by atoms with van der Waals surface area (Å²) in [5.41, 5.74) is 1.42. The first-order valence-corrected chi connectivity index (χ1v) is 8.83. The van der Waals surface area contributed by atoms with Gasteiger partial charge in [-0.2, -0.15) is 0 Å². The Kier molecular flexibility index (Phi) is 5.33. The Morgan fingerprint density at radius 2 is 1.65 bits per heavy atom. The molecule has 0 radical (unpaired) electrons. The van der Waals surface area contributed by atoms with E-state index in [1.165, 1.54) is 36.4 Å². The Balaban J connectivity index is 1.81. The smallest absolute Gasteiger partial charge is 0.319 e. The van der Waals surface area contributed by atoms with Crippen molar-refractivity contribution < 1.29 is 17.6 Å². The normalized spacial score (nSPS) is 11.0. The number of halogens is 1. The Morgan fingerprint density at radius 1 is 1.04 bits per heavy atom. The van der Waals surface area contributed by atoms with E-state index >= 15 is 0 Å². The molecule has 0 saturated carbocycles. The summed E-state index contributed by atoms with van der Waals surface area (Å²) in [6, 6.07) is 11.6. The SMILES string of the molecule is CS(=O)(=O)c1ccc(NC(=O)NCCc2ccc(F)cc2)cc1. The summed E-state index contributed by atoms with van der Waals surface area (Å²) in [6.07, 6.45) is 1.71. The molecule has 0 fully saturated rings. The van der Waals surface area contributed by atoms with E-state index in [0.29, 0.717) is 18.7 Å². The number of hydrogen-bond donors (Lipinski definition) is 2. The van der Waals surface area contributed by atoms with Gasteiger partial charge in [0.1, 0.15) is 5.82 Å². The fourth-order valence-electron chi connectivity index (χ4n) is 1.93. The topological polar surface area (TPSA) is 75.3 Å². The minimum absolute atomic E-state index is 0.194. The van der Waals surface area contributed by atoms with Crippen LogP contribution in [0.25, 0.3) is 0 Å². The van der Waals surface area contributed by atoms with E-state index in [1.54, 1.807) is 12.1 Å². The second kappa shape index (κ2) is 7.23. The summed E-state index contributed by atoms with van der Waals surface area (Å²) in [4.78, 5) is 11.9. The van der Waals surface area contributed by atoms with Gasteiger partial charge in [-0.25, -0.2) is 17.6 Å². The van der Waals surface area contributed by atoms with E-state index in [-0.39, 0.29) is 16.7 Å². The number of carbonyl (C=O) groups excluding carboxylic acids is 1. The van der Waals surface area contributed by atoms with E-state index in [9.17, 15) is 17.6 Å². The first kappa shape index (κ1) is 17.0. The molecular formula is C16H17FN2O3S. The number of amides is 2. The molecule has 5 nitrogen and oxygen atoms in total. The molecule has 0 saturated heterocycles. The summed E-state index contributed by atoms with van der Waals surface area (Å²) in [6.45, 7) is 0.402. The molecule has 2 rings (SSSR count). The maximum absolute atomic E-state index is 12.8. The van der Waals surface area contributed by atoms with Gasteiger partial charge in [0, 0.05) is 18.5 Å². The van der Waals surface area contributed by atoms with Crippen LogP contribution in [0.15, 0.2) is 53.4 Å². The van der Waals surface area contributed by atoms with Crippen molar-refractivity contribution in [3.05, 3.63) is 59.9 Å². The van der Waals surface area contributed by atoms with Gasteiger partial charge in [-0.05, 0) is 48.4 Å². The lowest BCUT2D eigenvalue weighted by atomic mass is 10.1. The first-order valence-electron chi connectivity index (χ1n) is 6.94. The second-order valence-electron chi connectivity index (χ2n) is 5.05. The quantitative estimate of drug-likeness (QED) is 0.881. The van der Waals surface area contributed by atoms with Crippen molar-refractivity contribution in [2.75, 3.05) is 18.1 Å². The van der Waals surface area contributed by atoms with Crippen LogP contribution in [0.4, 0.5) is 14.9 Å². The van der Waals surface area contributed by atoms with Crippen molar-refractivity contribution in [1.82, 2.24) is 5.32 Å². The van der Waals surface area contributed by atoms with E-state index in [2.05, 4.69) is 10.6 Å². The predicted octanol–water partition coefficient (Wildman–Crippen LogP) is 2.59. The summed E-state index contributed by atoms with van der Waals surface area (Å²) in [5, 5.41) is 5.29. The first-order chi connectivity index (χ1) is 10.8. The number of nitrogens with one attached hydrogen (secondary N) is 2. The lowest BCUT2D eigenvalue weighted by Crippen LogP contribution is -2.30. The maximum Gasteiger partial charge on any atom is 0.319 e. The van der Waals surface area contributed by atoms with Gasteiger partial charge in [-0.1, -0.05) is 12.1 Å². The predicted molar refractivity (Wildman–Crippen MR) is 86.7 cm³/mol. The van der Waals surface area contributed by atoms with Gasteiger partial charge >= 0.3 is 6.03 Å². The molecule has 0 aliphatic carbocycles. The molecule has 7 heteroatoms. The lowest BCUT2D eigenvalue weighted by molar-refractivity contribution is 0.252. The fraction of sp³-hybridized carbons (Fsp3) is 0.188. The van der Waals surface area contributed by atoms with Crippen molar-refractivity contribution in [3.63, 3.8) is 0 Å². The van der Waals surface area contributed by atoms with Crippen molar-refractivity contribution in [1.29, 1.82) is 0 Å². The maximum atomic E-state index is 12.8. The number of benzene rings is 2. The number of carbonyl (C=O) groups is 1. The third-order valence-corrected chi connectivity index (χ3v) is 4.28. The van der Waals surface area contributed by atoms with Gasteiger partial charge in [-0.3, -0.25) is 0 Å². The third-order valence-electron chi connectivity index (χ3n) is 3.15. The average Bonchev–Trinajstić information content (AvgIpc) is 2.49. The lowest BCUT2D eigenvalue weighted by Gasteiger charge is -2.08. The fourth-order valence-corrected chi connectivity index (χ4v) is 2.56. The van der Waals surface area contributed by atoms with Crippen molar-refractivity contribution >= 4 is 21.6 Å². The number of hydrogen-bond acceptors (Lipinski definition) is 3. The molecule has 2 N–H and O–H groups in total. The van der Waals surface area contributed by atoms with Crippen molar-refractivity contribution in [3.8, 4) is 0 Å². The van der Waals surface area contributed by atoms with E-state index < -0.39 is 9.84 Å². The zero-order valence-corrected chi connectivity index (χ0v) is 13.4. The minimum Gasteiger partial charge on any atom is -0.338 e. The van der Waals surface area contributed by atoms with Crippen LogP contribution in [-0.2, 0) is 16.3 Å². The molecule has 0 unspecified atom stereocenters. The monoisotopic (exact) mass is 336 g/mol. The highest BCUT2D eigenvalue weighted by Crippen LogP contribution is 2.13. The molecule has 2 amide bonds. The van der Waals surface area contributed by atoms with Crippen LogP contribution in [0.3, 0.4) is 0 Å². The molecule has 0 spiro atoms. The molecule has 0 heterocycles. The zero-order valence-electron chi connectivity index (χ0n) is 12.5. The van der Waals surface area contributed by atoms with Crippen LogP contribution >= 0.6 is 0 Å². The summed E-state index contributed by atoms with van der Waals surface area (Å²) in [5.74, 6) is -0.294. The van der Waals surface area contributed by atoms with Gasteiger partial charge in [-0.15, -0.1) is 0 Å². The zero-order chi connectivity index (χ0) is 16.9. The molecule has 23 heavy (non-hydrogen) atoms. The third kappa shape index (κ3) is 5.37. The highest BCUT2D eigenvalue weighted by Gasteiger charge is 2.07. The van der Waals surface area contributed by atoms with Gasteiger partial charge in [0.2, 0.25) is 0 Å². The van der Waals surface area contributed by atoms with Crippen LogP contribution in [0.2, 0.25) is 0 Å². The second-order valence-corrected chi connectivity index (χ2v) is 7.07. The Bertz CT molecular complexity index is 772. The number of sulfone groups is 1.